The average Bonchev–Trinajstić information content (AvgIpc) is 3.10. The Morgan fingerprint density at radius 3 is 2.48 bits per heavy atom. The largest absolute Gasteiger partial charge is 0.353 e. The molecule has 2 N–H and O–H groups in total. The summed E-state index contributed by atoms with van der Waals surface area (Å²) in [5.74, 6) is 0.0918. The number of thiophene rings is 1. The van der Waals surface area contributed by atoms with Crippen LogP contribution in [0.25, 0.3) is 0 Å². The number of nitrogens with zero attached hydrogens (tertiary/aromatic N) is 1. The molecule has 2 heterocycles. The molecule has 5 nitrogen and oxygen atoms in total. The van der Waals surface area contributed by atoms with E-state index in [1.54, 1.807) is 11.3 Å². The summed E-state index contributed by atoms with van der Waals surface area (Å²) in [5, 5.41) is 8.01. The SMILES string of the molecule is O=C(CN1CCC(NC(=O)Cc2cccs2)CC1)Nc1ccccc1. The third-order valence-electron chi connectivity index (χ3n) is 4.29. The van der Waals surface area contributed by atoms with Crippen molar-refractivity contribution in [1.29, 1.82) is 0 Å². The molecule has 1 saturated heterocycles. The first kappa shape index (κ1) is 17.6. The first-order chi connectivity index (χ1) is 12.2. The van der Waals surface area contributed by atoms with Crippen LogP contribution >= 0.6 is 11.3 Å². The Balaban J connectivity index is 1.37. The van der Waals surface area contributed by atoms with E-state index >= 15 is 0 Å². The summed E-state index contributed by atoms with van der Waals surface area (Å²) < 4.78 is 0. The standard InChI is InChI=1S/C19H23N3O2S/c23-18(13-17-7-4-12-25-17)20-16-8-10-22(11-9-16)14-19(24)21-15-5-2-1-3-6-15/h1-7,12,16H,8-11,13-14H2,(H,20,23)(H,21,24). The van der Waals surface area contributed by atoms with Gasteiger partial charge < -0.3 is 10.6 Å². The van der Waals surface area contributed by atoms with Gasteiger partial charge >= 0.3 is 0 Å². The molecule has 6 heteroatoms. The lowest BCUT2D eigenvalue weighted by atomic mass is 10.0. The molecule has 0 unspecified atom stereocenters. The van der Waals surface area contributed by atoms with Gasteiger partial charge in [0.1, 0.15) is 0 Å². The lowest BCUT2D eigenvalue weighted by molar-refractivity contribution is -0.122. The number of carbonyl (C=O) groups is 2. The molecule has 1 aliphatic rings. The molecule has 25 heavy (non-hydrogen) atoms. The van der Waals surface area contributed by atoms with E-state index in [9.17, 15) is 9.59 Å². The van der Waals surface area contributed by atoms with Crippen molar-refractivity contribution < 1.29 is 9.59 Å². The molecular formula is C19H23N3O2S. The summed E-state index contributed by atoms with van der Waals surface area (Å²) in [5.41, 5.74) is 0.822. The Labute approximate surface area is 152 Å². The zero-order valence-corrected chi connectivity index (χ0v) is 14.9. The van der Waals surface area contributed by atoms with E-state index in [0.29, 0.717) is 13.0 Å². The van der Waals surface area contributed by atoms with Crippen LogP contribution in [0.2, 0.25) is 0 Å². The molecule has 0 spiro atoms. The fraction of sp³-hybridized carbons (Fsp3) is 0.368. The molecule has 1 fully saturated rings. The molecule has 1 aromatic carbocycles. The maximum absolute atomic E-state index is 12.1. The molecule has 1 aliphatic heterocycles. The van der Waals surface area contributed by atoms with Crippen LogP contribution in [0.15, 0.2) is 47.8 Å². The number of amides is 2. The van der Waals surface area contributed by atoms with Crippen molar-refractivity contribution in [1.82, 2.24) is 10.2 Å². The summed E-state index contributed by atoms with van der Waals surface area (Å²) in [6.07, 6.45) is 2.22. The van der Waals surface area contributed by atoms with Gasteiger partial charge in [-0.2, -0.15) is 0 Å². The third kappa shape index (κ3) is 5.69. The fourth-order valence-corrected chi connectivity index (χ4v) is 3.71. The maximum atomic E-state index is 12.1. The normalized spacial score (nSPS) is 15.7. The molecule has 2 aromatic rings. The van der Waals surface area contributed by atoms with Crippen LogP contribution in [0.1, 0.15) is 17.7 Å². The summed E-state index contributed by atoms with van der Waals surface area (Å²) in [4.78, 5) is 27.4. The molecule has 0 aliphatic carbocycles. The van der Waals surface area contributed by atoms with Crippen LogP contribution < -0.4 is 10.6 Å². The molecule has 0 saturated carbocycles. The monoisotopic (exact) mass is 357 g/mol. The Bertz CT molecular complexity index is 680. The van der Waals surface area contributed by atoms with Crippen LogP contribution in [0, 0.1) is 0 Å². The van der Waals surface area contributed by atoms with E-state index < -0.39 is 0 Å². The van der Waals surface area contributed by atoms with Crippen LogP contribution in [0.3, 0.4) is 0 Å². The number of para-hydroxylation sites is 1. The number of benzene rings is 1. The maximum Gasteiger partial charge on any atom is 0.238 e. The lowest BCUT2D eigenvalue weighted by Crippen LogP contribution is -2.46. The van der Waals surface area contributed by atoms with Crippen LogP contribution in [-0.2, 0) is 16.0 Å². The molecule has 0 bridgehead atoms. The molecular weight excluding hydrogens is 334 g/mol. The summed E-state index contributed by atoms with van der Waals surface area (Å²) in [6.45, 7) is 2.04. The van der Waals surface area contributed by atoms with Crippen molar-refractivity contribution in [3.05, 3.63) is 52.7 Å². The van der Waals surface area contributed by atoms with Crippen LogP contribution in [0.5, 0.6) is 0 Å². The fourth-order valence-electron chi connectivity index (χ4n) is 3.01. The predicted molar refractivity (Wildman–Crippen MR) is 101 cm³/mol. The minimum Gasteiger partial charge on any atom is -0.353 e. The van der Waals surface area contributed by atoms with Gasteiger partial charge in [-0.15, -0.1) is 11.3 Å². The van der Waals surface area contributed by atoms with E-state index in [1.807, 2.05) is 47.8 Å². The van der Waals surface area contributed by atoms with Gasteiger partial charge in [0.05, 0.1) is 13.0 Å². The highest BCUT2D eigenvalue weighted by molar-refractivity contribution is 7.10. The predicted octanol–water partition coefficient (Wildman–Crippen LogP) is 2.51. The highest BCUT2D eigenvalue weighted by atomic mass is 32.1. The summed E-state index contributed by atoms with van der Waals surface area (Å²) in [6, 6.07) is 13.7. The first-order valence-corrected chi connectivity index (χ1v) is 9.46. The van der Waals surface area contributed by atoms with Crippen molar-refractivity contribution >= 4 is 28.8 Å². The lowest BCUT2D eigenvalue weighted by Gasteiger charge is -2.31. The van der Waals surface area contributed by atoms with Gasteiger partial charge in [0, 0.05) is 29.7 Å². The second kappa shape index (κ2) is 8.78. The highest BCUT2D eigenvalue weighted by Crippen LogP contribution is 2.13. The molecule has 0 radical (unpaired) electrons. The first-order valence-electron chi connectivity index (χ1n) is 8.58. The van der Waals surface area contributed by atoms with Crippen molar-refractivity contribution in [2.24, 2.45) is 0 Å². The zero-order chi connectivity index (χ0) is 17.5. The van der Waals surface area contributed by atoms with Gasteiger partial charge in [0.15, 0.2) is 0 Å². The summed E-state index contributed by atoms with van der Waals surface area (Å²) in [7, 11) is 0. The molecule has 0 atom stereocenters. The van der Waals surface area contributed by atoms with Crippen LogP contribution in [0.4, 0.5) is 5.69 Å². The number of likely N-dealkylation sites (tertiary alicyclic amines) is 1. The van der Waals surface area contributed by atoms with Crippen molar-refractivity contribution in [3.8, 4) is 0 Å². The Morgan fingerprint density at radius 2 is 1.80 bits per heavy atom. The molecule has 132 valence electrons. The molecule has 2 amide bonds. The van der Waals surface area contributed by atoms with E-state index in [1.165, 1.54) is 0 Å². The number of nitrogens with one attached hydrogen (secondary N) is 2. The summed E-state index contributed by atoms with van der Waals surface area (Å²) >= 11 is 1.61. The second-order valence-corrected chi connectivity index (χ2v) is 7.32. The van der Waals surface area contributed by atoms with E-state index in [2.05, 4.69) is 15.5 Å². The van der Waals surface area contributed by atoms with Gasteiger partial charge in [-0.25, -0.2) is 0 Å². The third-order valence-corrected chi connectivity index (χ3v) is 5.17. The van der Waals surface area contributed by atoms with Crippen molar-refractivity contribution in [2.45, 2.75) is 25.3 Å². The number of hydrogen-bond donors (Lipinski definition) is 2. The number of rotatable bonds is 6. The number of piperidine rings is 1. The molecule has 3 rings (SSSR count). The molecule has 1 aromatic heterocycles. The average molecular weight is 357 g/mol. The van der Waals surface area contributed by atoms with Crippen molar-refractivity contribution in [2.75, 3.05) is 25.0 Å². The van der Waals surface area contributed by atoms with Crippen molar-refractivity contribution in [3.63, 3.8) is 0 Å². The van der Waals surface area contributed by atoms with E-state index in [4.69, 9.17) is 0 Å². The number of anilines is 1. The second-order valence-electron chi connectivity index (χ2n) is 6.29. The zero-order valence-electron chi connectivity index (χ0n) is 14.1. The smallest absolute Gasteiger partial charge is 0.238 e. The van der Waals surface area contributed by atoms with E-state index in [-0.39, 0.29) is 17.9 Å². The number of carbonyl (C=O) groups excluding carboxylic acids is 2. The highest BCUT2D eigenvalue weighted by Gasteiger charge is 2.22. The Kier molecular flexibility index (Phi) is 6.19. The minimum atomic E-state index is 0.00591. The van der Waals surface area contributed by atoms with Gasteiger partial charge in [-0.3, -0.25) is 14.5 Å². The van der Waals surface area contributed by atoms with Gasteiger partial charge in [-0.05, 0) is 36.4 Å². The minimum absolute atomic E-state index is 0.00591. The quantitative estimate of drug-likeness (QED) is 0.835. The van der Waals surface area contributed by atoms with Gasteiger partial charge in [0.2, 0.25) is 11.8 Å². The Morgan fingerprint density at radius 1 is 1.04 bits per heavy atom. The number of hydrogen-bond acceptors (Lipinski definition) is 4. The topological polar surface area (TPSA) is 61.4 Å². The van der Waals surface area contributed by atoms with Crippen LogP contribution in [-0.4, -0.2) is 42.4 Å². The van der Waals surface area contributed by atoms with Gasteiger partial charge in [-0.1, -0.05) is 24.3 Å². The van der Waals surface area contributed by atoms with Gasteiger partial charge in [0.25, 0.3) is 0 Å². The Hall–Kier alpha value is -2.18. The van der Waals surface area contributed by atoms with E-state index in [0.717, 1.165) is 36.5 Å².